The lowest BCUT2D eigenvalue weighted by atomic mass is 10.1. The van der Waals surface area contributed by atoms with Crippen LogP contribution in [0.1, 0.15) is 31.7 Å². The van der Waals surface area contributed by atoms with Gasteiger partial charge < -0.3 is 26.4 Å². The molecule has 0 radical (unpaired) electrons. The van der Waals surface area contributed by atoms with Gasteiger partial charge in [0.15, 0.2) is 0 Å². The maximum atomic E-state index is 6.12. The number of rotatable bonds is 3. The van der Waals surface area contributed by atoms with Crippen LogP contribution in [0.3, 0.4) is 0 Å². The van der Waals surface area contributed by atoms with E-state index in [4.69, 9.17) is 16.2 Å². The Hall–Kier alpha value is -1.46. The third-order valence-corrected chi connectivity index (χ3v) is 4.27. The van der Waals surface area contributed by atoms with Gasteiger partial charge in [-0.05, 0) is 44.4 Å². The van der Waals surface area contributed by atoms with Gasteiger partial charge in [0, 0.05) is 44.1 Å². The number of hydrogen-bond donors (Lipinski definition) is 3. The summed E-state index contributed by atoms with van der Waals surface area (Å²) in [7, 11) is 1.93. The maximum absolute atomic E-state index is 6.12. The van der Waals surface area contributed by atoms with E-state index in [9.17, 15) is 0 Å². The molecule has 2 heterocycles. The molecule has 5 heteroatoms. The second kappa shape index (κ2) is 8.25. The summed E-state index contributed by atoms with van der Waals surface area (Å²) in [5, 5.41) is 3.16. The molecular weight excluding hydrogens is 276 g/mol. The van der Waals surface area contributed by atoms with Crippen LogP contribution in [0, 0.1) is 5.92 Å². The third-order valence-electron chi connectivity index (χ3n) is 4.27. The topological polar surface area (TPSA) is 76.5 Å². The Labute approximate surface area is 134 Å². The van der Waals surface area contributed by atoms with Gasteiger partial charge in [-0.2, -0.15) is 0 Å². The number of hydrogen-bond acceptors (Lipinski definition) is 5. The predicted molar refractivity (Wildman–Crippen MR) is 94.1 cm³/mol. The molecule has 0 aromatic heterocycles. The molecule has 1 unspecified atom stereocenters. The first kappa shape index (κ1) is 16.9. The van der Waals surface area contributed by atoms with Crippen LogP contribution >= 0.6 is 0 Å². The summed E-state index contributed by atoms with van der Waals surface area (Å²) in [5.74, 6) is 0.735. The minimum Gasteiger partial charge on any atom is -0.398 e. The Morgan fingerprint density at radius 2 is 1.91 bits per heavy atom. The van der Waals surface area contributed by atoms with E-state index >= 15 is 0 Å². The molecule has 2 fully saturated rings. The van der Waals surface area contributed by atoms with Crippen LogP contribution in [0.5, 0.6) is 0 Å². The minimum atomic E-state index is 0.735. The predicted octanol–water partition coefficient (Wildman–Crippen LogP) is 2.21. The molecule has 2 saturated heterocycles. The zero-order valence-electron chi connectivity index (χ0n) is 13.9. The number of ether oxygens (including phenoxy) is 1. The molecule has 3 rings (SSSR count). The van der Waals surface area contributed by atoms with Gasteiger partial charge in [-0.25, -0.2) is 0 Å². The van der Waals surface area contributed by atoms with E-state index in [-0.39, 0.29) is 0 Å². The van der Waals surface area contributed by atoms with Crippen LogP contribution in [0.25, 0.3) is 0 Å². The molecule has 22 heavy (non-hydrogen) atoms. The van der Waals surface area contributed by atoms with Gasteiger partial charge >= 0.3 is 0 Å². The SMILES string of the molecule is C1CCOC1.CNCc1c(N)ccc(N)c1N1CCC(C)C1. The first-order valence-electron chi connectivity index (χ1n) is 8.27. The first-order chi connectivity index (χ1) is 10.6. The van der Waals surface area contributed by atoms with E-state index < -0.39 is 0 Å². The van der Waals surface area contributed by atoms with Crippen LogP contribution in [-0.2, 0) is 11.3 Å². The Bertz CT molecular complexity index is 466. The maximum Gasteiger partial charge on any atom is 0.0666 e. The van der Waals surface area contributed by atoms with E-state index in [1.54, 1.807) is 0 Å². The fourth-order valence-electron chi connectivity index (χ4n) is 3.05. The summed E-state index contributed by atoms with van der Waals surface area (Å²) in [5.41, 5.74) is 16.1. The third kappa shape index (κ3) is 4.27. The van der Waals surface area contributed by atoms with E-state index in [1.165, 1.54) is 19.3 Å². The summed E-state index contributed by atoms with van der Waals surface area (Å²) in [4.78, 5) is 2.36. The molecule has 1 aromatic rings. The van der Waals surface area contributed by atoms with Crippen molar-refractivity contribution in [2.75, 3.05) is 49.7 Å². The smallest absolute Gasteiger partial charge is 0.0666 e. The van der Waals surface area contributed by atoms with Crippen molar-refractivity contribution in [2.45, 2.75) is 32.7 Å². The molecule has 5 N–H and O–H groups in total. The van der Waals surface area contributed by atoms with Crippen molar-refractivity contribution in [1.82, 2.24) is 5.32 Å². The minimum absolute atomic E-state index is 0.735. The zero-order chi connectivity index (χ0) is 15.9. The summed E-state index contributed by atoms with van der Waals surface area (Å²) >= 11 is 0. The van der Waals surface area contributed by atoms with E-state index in [1.807, 2.05) is 19.2 Å². The van der Waals surface area contributed by atoms with E-state index in [0.29, 0.717) is 0 Å². The molecule has 0 aliphatic carbocycles. The van der Waals surface area contributed by atoms with Gasteiger partial charge in [-0.3, -0.25) is 0 Å². The molecule has 2 aliphatic heterocycles. The molecule has 0 bridgehead atoms. The van der Waals surface area contributed by atoms with Crippen LogP contribution < -0.4 is 21.7 Å². The summed E-state index contributed by atoms with van der Waals surface area (Å²) in [6.45, 7) is 7.19. The molecule has 1 aromatic carbocycles. The van der Waals surface area contributed by atoms with Crippen LogP contribution in [0.4, 0.5) is 17.1 Å². The Morgan fingerprint density at radius 3 is 2.41 bits per heavy atom. The van der Waals surface area contributed by atoms with Crippen molar-refractivity contribution in [3.8, 4) is 0 Å². The second-order valence-electron chi connectivity index (χ2n) is 6.26. The molecule has 0 amide bonds. The van der Waals surface area contributed by atoms with Gasteiger partial charge in [-0.15, -0.1) is 0 Å². The second-order valence-corrected chi connectivity index (χ2v) is 6.26. The molecule has 2 aliphatic rings. The fraction of sp³-hybridized carbons (Fsp3) is 0.647. The number of nitrogen functional groups attached to an aromatic ring is 2. The van der Waals surface area contributed by atoms with Gasteiger partial charge in [0.2, 0.25) is 0 Å². The number of anilines is 3. The van der Waals surface area contributed by atoms with Gasteiger partial charge in [0.05, 0.1) is 11.4 Å². The van der Waals surface area contributed by atoms with Crippen molar-refractivity contribution in [3.63, 3.8) is 0 Å². The van der Waals surface area contributed by atoms with Crippen LogP contribution in [0.2, 0.25) is 0 Å². The largest absolute Gasteiger partial charge is 0.398 e. The normalized spacial score (nSPS) is 20.8. The van der Waals surface area contributed by atoms with Gasteiger partial charge in [0.1, 0.15) is 0 Å². The van der Waals surface area contributed by atoms with Gasteiger partial charge in [-0.1, -0.05) is 6.92 Å². The van der Waals surface area contributed by atoms with Crippen molar-refractivity contribution < 1.29 is 4.74 Å². The van der Waals surface area contributed by atoms with E-state index in [0.717, 1.165) is 61.4 Å². The van der Waals surface area contributed by atoms with Crippen LogP contribution in [0.15, 0.2) is 12.1 Å². The molecule has 0 saturated carbocycles. The van der Waals surface area contributed by atoms with Gasteiger partial charge in [0.25, 0.3) is 0 Å². The number of benzene rings is 1. The van der Waals surface area contributed by atoms with Crippen LogP contribution in [-0.4, -0.2) is 33.4 Å². The highest BCUT2D eigenvalue weighted by Crippen LogP contribution is 2.35. The highest BCUT2D eigenvalue weighted by Gasteiger charge is 2.23. The van der Waals surface area contributed by atoms with Crippen molar-refractivity contribution in [3.05, 3.63) is 17.7 Å². The monoisotopic (exact) mass is 306 g/mol. The van der Waals surface area contributed by atoms with E-state index in [2.05, 4.69) is 17.1 Å². The average molecular weight is 306 g/mol. The number of nitrogens with two attached hydrogens (primary N) is 2. The average Bonchev–Trinajstić information content (AvgIpc) is 3.18. The molecule has 0 spiro atoms. The summed E-state index contributed by atoms with van der Waals surface area (Å²) < 4.78 is 4.94. The number of nitrogens with zero attached hydrogens (tertiary/aromatic N) is 1. The summed E-state index contributed by atoms with van der Waals surface area (Å²) in [6.07, 6.45) is 3.78. The Kier molecular flexibility index (Phi) is 6.34. The lowest BCUT2D eigenvalue weighted by molar-refractivity contribution is 0.198. The highest BCUT2D eigenvalue weighted by molar-refractivity contribution is 5.78. The van der Waals surface area contributed by atoms with Crippen molar-refractivity contribution in [1.29, 1.82) is 0 Å². The quantitative estimate of drug-likeness (QED) is 0.747. The number of nitrogens with one attached hydrogen (secondary N) is 1. The molecule has 5 nitrogen and oxygen atoms in total. The highest BCUT2D eigenvalue weighted by atomic mass is 16.5. The molecule has 124 valence electrons. The fourth-order valence-corrected chi connectivity index (χ4v) is 3.05. The lowest BCUT2D eigenvalue weighted by Gasteiger charge is -2.25. The first-order valence-corrected chi connectivity index (χ1v) is 8.27. The van der Waals surface area contributed by atoms with Crippen molar-refractivity contribution >= 4 is 17.1 Å². The lowest BCUT2D eigenvalue weighted by Crippen LogP contribution is -2.24. The summed E-state index contributed by atoms with van der Waals surface area (Å²) in [6, 6.07) is 3.80. The zero-order valence-corrected chi connectivity index (χ0v) is 13.9. The molecular formula is C17H30N4O. The Morgan fingerprint density at radius 1 is 1.23 bits per heavy atom. The Balaban J connectivity index is 0.000000299. The molecule has 1 atom stereocenters. The van der Waals surface area contributed by atoms with Crippen molar-refractivity contribution in [2.24, 2.45) is 5.92 Å². The standard InChI is InChI=1S/C13H22N4.C4H8O/c1-9-5-6-17(8-9)13-10(7-16-2)11(14)3-4-12(13)15;1-2-4-5-3-1/h3-4,9,16H,5-8,14-15H2,1-2H3;1-4H2.